The molecule has 0 saturated carbocycles. The number of nitrogens with zero attached hydrogens (tertiary/aromatic N) is 2. The van der Waals surface area contributed by atoms with Crippen LogP contribution in [0.3, 0.4) is 0 Å². The zero-order valence-electron chi connectivity index (χ0n) is 6.68. The third-order valence-corrected chi connectivity index (χ3v) is 1.86. The van der Waals surface area contributed by atoms with E-state index in [1.165, 1.54) is 0 Å². The molecule has 10 heavy (non-hydrogen) atoms. The average molecular weight is 156 g/mol. The maximum atomic E-state index is 4.02. The number of hydrogen-bond donors (Lipinski definition) is 0. The first-order valence-electron chi connectivity index (χ1n) is 3.43. The summed E-state index contributed by atoms with van der Waals surface area (Å²) in [6.07, 6.45) is 1.05. The maximum absolute atomic E-state index is 4.02. The largest absolute Gasteiger partial charge is 0.152 e. The van der Waals surface area contributed by atoms with E-state index in [4.69, 9.17) is 0 Å². The maximum Gasteiger partial charge on any atom is 0.0690 e. The van der Waals surface area contributed by atoms with Crippen LogP contribution in [0.5, 0.6) is 0 Å². The molecule has 0 radical (unpaired) electrons. The van der Waals surface area contributed by atoms with Crippen LogP contribution in [-0.4, -0.2) is 9.96 Å². The molecule has 56 valence electrons. The summed E-state index contributed by atoms with van der Waals surface area (Å²) in [4.78, 5) is 3.91. The molecule has 0 aliphatic heterocycles. The Labute approximate surface area is 63.2 Å². The fourth-order valence-electron chi connectivity index (χ4n) is 0.855. The van der Waals surface area contributed by atoms with E-state index in [1.54, 1.807) is 0 Å². The van der Waals surface area contributed by atoms with E-state index in [-0.39, 0.29) is 0 Å². The number of aromatic nitrogens is 2. The van der Waals surface area contributed by atoms with E-state index in [1.807, 2.05) is 0 Å². The molecule has 0 aliphatic rings. The van der Waals surface area contributed by atoms with Crippen LogP contribution in [0.4, 0.5) is 0 Å². The second-order valence-corrected chi connectivity index (χ2v) is 4.45. The summed E-state index contributed by atoms with van der Waals surface area (Å²) in [5.41, 5.74) is 1.51. The first kappa shape index (κ1) is 7.74. The minimum absolute atomic E-state index is 0.347. The van der Waals surface area contributed by atoms with Crippen molar-refractivity contribution in [2.45, 2.75) is 27.2 Å². The van der Waals surface area contributed by atoms with Crippen LogP contribution in [-0.2, 0) is 6.42 Å². The van der Waals surface area contributed by atoms with Crippen LogP contribution in [0, 0.1) is 5.41 Å². The van der Waals surface area contributed by atoms with Gasteiger partial charge < -0.3 is 0 Å². The summed E-state index contributed by atoms with van der Waals surface area (Å²) in [5.74, 6) is 2.12. The highest BCUT2D eigenvalue weighted by molar-refractivity contribution is 7.24. The van der Waals surface area contributed by atoms with Gasteiger partial charge in [-0.05, 0) is 26.0 Å². The Hall–Kier alpha value is -0.360. The molecule has 1 aromatic rings. The quantitative estimate of drug-likeness (QED) is 0.622. The molecule has 0 amide bonds. The Morgan fingerprint density at radius 2 is 2.20 bits per heavy atom. The molecule has 1 rings (SSSR count). The minimum atomic E-state index is 0.347. The number of hydrogen-bond acceptors (Lipinski definition) is 2. The van der Waals surface area contributed by atoms with E-state index < -0.39 is 0 Å². The van der Waals surface area contributed by atoms with Gasteiger partial charge in [-0.25, -0.2) is 0 Å². The summed E-state index contributed by atoms with van der Waals surface area (Å²) in [6.45, 7) is 6.64. The SMILES string of the molecule is CC(C)(C)Cc1c[pH]nn1. The lowest BCUT2D eigenvalue weighted by Crippen LogP contribution is -2.09. The predicted molar refractivity (Wildman–Crippen MR) is 44.7 cm³/mol. The van der Waals surface area contributed by atoms with Gasteiger partial charge in [0.25, 0.3) is 0 Å². The van der Waals surface area contributed by atoms with Crippen LogP contribution in [0.25, 0.3) is 0 Å². The molecular weight excluding hydrogens is 143 g/mol. The molecule has 1 aromatic heterocycles. The lowest BCUT2D eigenvalue weighted by atomic mass is 9.91. The second-order valence-electron chi connectivity index (χ2n) is 3.70. The van der Waals surface area contributed by atoms with Crippen LogP contribution >= 0.6 is 8.35 Å². The number of rotatable bonds is 1. The van der Waals surface area contributed by atoms with Crippen molar-refractivity contribution in [3.8, 4) is 0 Å². The smallest absolute Gasteiger partial charge is 0.0690 e. The van der Waals surface area contributed by atoms with Crippen molar-refractivity contribution in [1.82, 2.24) is 9.96 Å². The molecule has 0 N–H and O–H groups in total. The van der Waals surface area contributed by atoms with Gasteiger partial charge in [0, 0.05) is 0 Å². The fraction of sp³-hybridized carbons (Fsp3) is 0.714. The Balaban J connectivity index is 2.57. The molecule has 1 unspecified atom stereocenters. The molecule has 3 heteroatoms. The Bertz CT molecular complexity index is 186. The molecule has 0 fully saturated rings. The van der Waals surface area contributed by atoms with Gasteiger partial charge in [-0.3, -0.25) is 0 Å². The molecule has 2 nitrogen and oxygen atoms in total. The summed E-state index contributed by atoms with van der Waals surface area (Å²) in [5, 5.41) is 4.02. The van der Waals surface area contributed by atoms with Gasteiger partial charge in [0.1, 0.15) is 0 Å². The monoisotopic (exact) mass is 156 g/mol. The summed E-state index contributed by atoms with van der Waals surface area (Å²) < 4.78 is 0. The van der Waals surface area contributed by atoms with E-state index in [0.29, 0.717) is 13.8 Å². The average Bonchev–Trinajstić information content (AvgIpc) is 2.12. The second kappa shape index (κ2) is 2.71. The van der Waals surface area contributed by atoms with Crippen molar-refractivity contribution in [2.75, 3.05) is 0 Å². The van der Waals surface area contributed by atoms with Crippen molar-refractivity contribution >= 4 is 8.35 Å². The normalized spacial score (nSPS) is 12.7. The predicted octanol–water partition coefficient (Wildman–Crippen LogP) is 2.10. The van der Waals surface area contributed by atoms with Gasteiger partial charge in [0.15, 0.2) is 0 Å². The lowest BCUT2D eigenvalue weighted by Gasteiger charge is -2.15. The van der Waals surface area contributed by atoms with E-state index in [0.717, 1.165) is 12.1 Å². The van der Waals surface area contributed by atoms with Crippen molar-refractivity contribution in [3.05, 3.63) is 11.5 Å². The Morgan fingerprint density at radius 1 is 1.50 bits per heavy atom. The van der Waals surface area contributed by atoms with Gasteiger partial charge in [-0.15, -0.1) is 4.86 Å². The summed E-state index contributed by atoms with van der Waals surface area (Å²) in [6, 6.07) is 0. The first-order chi connectivity index (χ1) is 4.58. The highest BCUT2D eigenvalue weighted by atomic mass is 31.0. The topological polar surface area (TPSA) is 25.8 Å². The third kappa shape index (κ3) is 2.49. The van der Waals surface area contributed by atoms with Crippen LogP contribution < -0.4 is 0 Å². The van der Waals surface area contributed by atoms with Gasteiger partial charge in [0.2, 0.25) is 0 Å². The van der Waals surface area contributed by atoms with Crippen LogP contribution in [0.15, 0.2) is 5.80 Å². The minimum Gasteiger partial charge on any atom is -0.152 e. The van der Waals surface area contributed by atoms with E-state index in [2.05, 4.69) is 36.5 Å². The van der Waals surface area contributed by atoms with Crippen molar-refractivity contribution in [1.29, 1.82) is 0 Å². The van der Waals surface area contributed by atoms with E-state index >= 15 is 0 Å². The molecule has 0 spiro atoms. The van der Waals surface area contributed by atoms with Gasteiger partial charge >= 0.3 is 0 Å². The van der Waals surface area contributed by atoms with Gasteiger partial charge in [-0.2, -0.15) is 5.10 Å². The summed E-state index contributed by atoms with van der Waals surface area (Å²) >= 11 is 0. The van der Waals surface area contributed by atoms with Crippen molar-refractivity contribution in [3.63, 3.8) is 0 Å². The molecule has 1 heterocycles. The molecular formula is C7H13N2P. The Kier molecular flexibility index (Phi) is 2.10. The highest BCUT2D eigenvalue weighted by Gasteiger charge is 2.11. The van der Waals surface area contributed by atoms with E-state index in [9.17, 15) is 0 Å². The zero-order chi connectivity index (χ0) is 7.61. The van der Waals surface area contributed by atoms with Gasteiger partial charge in [-0.1, -0.05) is 20.8 Å². The van der Waals surface area contributed by atoms with Crippen LogP contribution in [0.1, 0.15) is 26.5 Å². The molecule has 0 bridgehead atoms. The Morgan fingerprint density at radius 3 is 2.60 bits per heavy atom. The zero-order valence-corrected chi connectivity index (χ0v) is 7.68. The fourth-order valence-corrected chi connectivity index (χ4v) is 1.41. The molecule has 0 aromatic carbocycles. The summed E-state index contributed by atoms with van der Waals surface area (Å²) in [7, 11) is 0.571. The van der Waals surface area contributed by atoms with Crippen molar-refractivity contribution < 1.29 is 0 Å². The van der Waals surface area contributed by atoms with Gasteiger partial charge in [0.05, 0.1) is 5.69 Å². The molecule has 1 atom stereocenters. The first-order valence-corrected chi connectivity index (χ1v) is 4.46. The van der Waals surface area contributed by atoms with Crippen LogP contribution in [0.2, 0.25) is 0 Å². The lowest BCUT2D eigenvalue weighted by molar-refractivity contribution is 0.406. The third-order valence-electron chi connectivity index (χ3n) is 1.18. The molecule has 0 aliphatic carbocycles. The standard InChI is InChI=1S/C7H13N2P/c1-7(2,3)4-6-5-10-9-8-6/h5,10H,4H2,1-3H3. The van der Waals surface area contributed by atoms with Crippen molar-refractivity contribution in [2.24, 2.45) is 5.41 Å². The molecule has 0 saturated heterocycles. The highest BCUT2D eigenvalue weighted by Crippen LogP contribution is 2.19.